The number of hydrogen-bond acceptors (Lipinski definition) is 0. The minimum atomic E-state index is -1.52. The van der Waals surface area contributed by atoms with Crippen molar-refractivity contribution >= 4 is 61.6 Å². The maximum atomic E-state index is 6.58. The number of rotatable bonds is 4. The molecule has 0 N–H and O–H groups in total. The molecule has 0 aliphatic heterocycles. The summed E-state index contributed by atoms with van der Waals surface area (Å²) in [5.41, 5.74) is 1.46. The summed E-state index contributed by atoms with van der Waals surface area (Å²) in [6.07, 6.45) is 2.27. The van der Waals surface area contributed by atoms with E-state index in [1.54, 1.807) is 0 Å². The van der Waals surface area contributed by atoms with Gasteiger partial charge in [0.25, 0.3) is 0 Å². The van der Waals surface area contributed by atoms with Crippen LogP contribution in [0, 0.1) is 0 Å². The van der Waals surface area contributed by atoms with E-state index in [1.807, 2.05) is 0 Å². The maximum absolute atomic E-state index is 6.58. The summed E-state index contributed by atoms with van der Waals surface area (Å²) in [5.74, 6) is 0. The van der Waals surface area contributed by atoms with Crippen LogP contribution in [-0.2, 0) is 6.42 Å². The fourth-order valence-corrected chi connectivity index (χ4v) is 6.05. The van der Waals surface area contributed by atoms with Crippen LogP contribution in [0.1, 0.15) is 12.0 Å². The van der Waals surface area contributed by atoms with Crippen molar-refractivity contribution < 1.29 is 0 Å². The first-order valence-electron chi connectivity index (χ1n) is 9.79. The van der Waals surface area contributed by atoms with Gasteiger partial charge in [-0.2, -0.15) is 11.1 Å². The molecule has 5 rings (SSSR count). The van der Waals surface area contributed by atoms with Crippen molar-refractivity contribution in [3.8, 4) is 0 Å². The van der Waals surface area contributed by atoms with Gasteiger partial charge in [0.05, 0.1) is 0 Å². The van der Waals surface area contributed by atoms with Crippen molar-refractivity contribution in [1.82, 2.24) is 0 Å². The lowest BCUT2D eigenvalue weighted by Crippen LogP contribution is -2.15. The Labute approximate surface area is 165 Å². The van der Waals surface area contributed by atoms with Crippen molar-refractivity contribution in [3.05, 3.63) is 72.3 Å². The molecule has 0 saturated heterocycles. The van der Waals surface area contributed by atoms with E-state index in [0.717, 1.165) is 12.5 Å². The summed E-state index contributed by atoms with van der Waals surface area (Å²) in [6.45, 7) is 4.49. The molecule has 0 spiro atoms. The second-order valence-electron chi connectivity index (χ2n) is 8.28. The van der Waals surface area contributed by atoms with Gasteiger partial charge in [-0.1, -0.05) is 86.2 Å². The van der Waals surface area contributed by atoms with Crippen molar-refractivity contribution in [1.29, 1.82) is 0 Å². The summed E-state index contributed by atoms with van der Waals surface area (Å²) in [6, 6.07) is 26.0. The summed E-state index contributed by atoms with van der Waals surface area (Å²) >= 11 is 6.58. The third-order valence-corrected chi connectivity index (χ3v) is 7.92. The zero-order chi connectivity index (χ0) is 18.6. The number of aryl methyl sites for hydroxylation is 1. The average molecular weight is 387 g/mol. The highest BCUT2D eigenvalue weighted by molar-refractivity contribution is 7.19. The molecule has 0 radical (unpaired) electrons. The first kappa shape index (κ1) is 17.0. The van der Waals surface area contributed by atoms with Crippen LogP contribution < -0.4 is 0 Å². The van der Waals surface area contributed by atoms with Crippen LogP contribution in [0.4, 0.5) is 0 Å². The molecule has 5 aromatic carbocycles. The summed E-state index contributed by atoms with van der Waals surface area (Å²) in [4.78, 5) is 0. The normalized spacial score (nSPS) is 12.7. The van der Waals surface area contributed by atoms with Crippen LogP contribution in [0.25, 0.3) is 43.1 Å². The molecule has 2 heteroatoms. The van der Waals surface area contributed by atoms with E-state index in [9.17, 15) is 0 Å². The lowest BCUT2D eigenvalue weighted by atomic mass is 9.87. The minimum Gasteiger partial charge on any atom is -0.168 e. The summed E-state index contributed by atoms with van der Waals surface area (Å²) in [5, 5.41) is 11.1. The van der Waals surface area contributed by atoms with Gasteiger partial charge in [-0.25, -0.2) is 0 Å². The largest absolute Gasteiger partial charge is 0.168 e. The highest BCUT2D eigenvalue weighted by Gasteiger charge is 2.18. The Bertz CT molecular complexity index is 1270. The molecule has 0 saturated carbocycles. The quantitative estimate of drug-likeness (QED) is 0.126. The van der Waals surface area contributed by atoms with Crippen LogP contribution in [-0.4, -0.2) is 7.38 Å². The Morgan fingerprint density at radius 3 is 1.93 bits per heavy atom. The van der Waals surface area contributed by atoms with E-state index in [1.165, 1.54) is 55.1 Å². The van der Waals surface area contributed by atoms with Gasteiger partial charge in [0.1, 0.15) is 0 Å². The average Bonchev–Trinajstić information content (AvgIpc) is 2.65. The monoisotopic (exact) mass is 386 g/mol. The Kier molecular flexibility index (Phi) is 3.92. The Morgan fingerprint density at radius 2 is 1.26 bits per heavy atom. The van der Waals surface area contributed by atoms with Gasteiger partial charge in [-0.15, -0.1) is 0 Å². The Morgan fingerprint density at radius 1 is 0.667 bits per heavy atom. The molecule has 0 aliphatic carbocycles. The van der Waals surface area contributed by atoms with Gasteiger partial charge in [-0.3, -0.25) is 0 Å². The van der Waals surface area contributed by atoms with Crippen LogP contribution >= 0.6 is 11.1 Å². The molecule has 0 atom stereocenters. The molecular weight excluding hydrogens is 364 g/mol. The van der Waals surface area contributed by atoms with Gasteiger partial charge in [0.15, 0.2) is 7.38 Å². The molecule has 27 heavy (non-hydrogen) atoms. The van der Waals surface area contributed by atoms with E-state index in [2.05, 4.69) is 79.8 Å². The predicted molar refractivity (Wildman–Crippen MR) is 124 cm³/mol. The van der Waals surface area contributed by atoms with Gasteiger partial charge < -0.3 is 0 Å². The zero-order valence-corrected chi connectivity index (χ0v) is 17.6. The standard InChI is InChI=1S/C25H23ClSi/c1-27(2,26)16-6-10-19-15-14-18-9-4-12-21-20-11-3-7-17-8-5-13-22(23(17)20)25(19)24(18)21/h3-5,7-9,11-15H,6,10,16H2,1-2H3. The first-order chi connectivity index (χ1) is 13.0. The van der Waals surface area contributed by atoms with E-state index >= 15 is 0 Å². The predicted octanol–water partition coefficient (Wildman–Crippen LogP) is 8.11. The maximum Gasteiger partial charge on any atom is 0.150 e. The van der Waals surface area contributed by atoms with E-state index in [4.69, 9.17) is 11.1 Å². The molecule has 0 heterocycles. The minimum absolute atomic E-state index is 1.10. The molecule has 0 bridgehead atoms. The molecule has 0 unspecified atom stereocenters. The van der Waals surface area contributed by atoms with Crippen molar-refractivity contribution in [3.63, 3.8) is 0 Å². The molecule has 0 fully saturated rings. The number of fused-ring (bicyclic) bond motifs is 2. The number of hydrogen-bond donors (Lipinski definition) is 0. The van der Waals surface area contributed by atoms with E-state index in [0.29, 0.717) is 0 Å². The molecule has 0 nitrogen and oxygen atoms in total. The highest BCUT2D eigenvalue weighted by Crippen LogP contribution is 2.41. The van der Waals surface area contributed by atoms with E-state index in [-0.39, 0.29) is 0 Å². The van der Waals surface area contributed by atoms with Crippen molar-refractivity contribution in [2.45, 2.75) is 32.0 Å². The second-order valence-corrected chi connectivity index (χ2v) is 15.3. The van der Waals surface area contributed by atoms with Crippen LogP contribution in [0.5, 0.6) is 0 Å². The van der Waals surface area contributed by atoms with Gasteiger partial charge in [-0.05, 0) is 61.1 Å². The number of halogens is 1. The lowest BCUT2D eigenvalue weighted by molar-refractivity contribution is 0.915. The zero-order valence-electron chi connectivity index (χ0n) is 15.9. The third-order valence-electron chi connectivity index (χ3n) is 5.81. The van der Waals surface area contributed by atoms with Crippen LogP contribution in [0.3, 0.4) is 0 Å². The molecule has 0 aromatic heterocycles. The third kappa shape index (κ3) is 2.81. The molecular formula is C25H23ClSi. The van der Waals surface area contributed by atoms with Crippen molar-refractivity contribution in [2.24, 2.45) is 0 Å². The van der Waals surface area contributed by atoms with Crippen molar-refractivity contribution in [2.75, 3.05) is 0 Å². The summed E-state index contributed by atoms with van der Waals surface area (Å²) < 4.78 is 0. The van der Waals surface area contributed by atoms with Gasteiger partial charge in [0.2, 0.25) is 0 Å². The molecule has 134 valence electrons. The molecule has 0 aliphatic rings. The van der Waals surface area contributed by atoms with Gasteiger partial charge in [0, 0.05) is 0 Å². The summed E-state index contributed by atoms with van der Waals surface area (Å²) in [7, 11) is -1.52. The Hall–Kier alpha value is -2.09. The number of benzene rings is 5. The fraction of sp³-hybridized carbons (Fsp3) is 0.200. The van der Waals surface area contributed by atoms with Gasteiger partial charge >= 0.3 is 0 Å². The highest BCUT2D eigenvalue weighted by atomic mass is 35.6. The van der Waals surface area contributed by atoms with Crippen LogP contribution in [0.2, 0.25) is 19.1 Å². The molecule has 0 amide bonds. The van der Waals surface area contributed by atoms with Crippen LogP contribution in [0.15, 0.2) is 66.7 Å². The smallest absolute Gasteiger partial charge is 0.150 e. The second kappa shape index (κ2) is 6.22. The Balaban J connectivity index is 1.86. The fourth-order valence-electron chi connectivity index (χ4n) is 4.64. The van der Waals surface area contributed by atoms with E-state index < -0.39 is 7.38 Å². The SMILES string of the molecule is C[Si](C)(Cl)CCCc1ccc2cccc3c4cccc5cccc(c1c23)c54. The lowest BCUT2D eigenvalue weighted by Gasteiger charge is -2.18. The topological polar surface area (TPSA) is 0 Å². The molecule has 5 aromatic rings. The first-order valence-corrected chi connectivity index (χ1v) is 14.0.